The summed E-state index contributed by atoms with van der Waals surface area (Å²) in [7, 11) is 0. The molecule has 20 rings (SSSR count). The Hall–Kier alpha value is -11.6. The van der Waals surface area contributed by atoms with E-state index >= 15 is 0 Å². The maximum atomic E-state index is 10.0. The monoisotopic (exact) mass is 1130 g/mol. The highest BCUT2D eigenvalue weighted by molar-refractivity contribution is 7.00. The van der Waals surface area contributed by atoms with Crippen molar-refractivity contribution in [2.24, 2.45) is 0 Å². The SMILES string of the molecule is [2H]c1c([2H])c([2H])c2c(c1[2H])c1c([2H])c([2H])c([2H])c([2H])c1n2-c1cc2c3c(c1)N(c1c(-c4ccccc4)c4ccccc4c4ccccc14)c1cc4c(cc1B3c1cc3oc5ccccc5c3cc1N2c1c(-c2ccccc2)c2ccccc2c2ccccc12)oc1ccccc14. The van der Waals surface area contributed by atoms with Gasteiger partial charge in [-0.05, 0) is 120 Å². The highest BCUT2D eigenvalue weighted by Gasteiger charge is 2.46. The van der Waals surface area contributed by atoms with Crippen LogP contribution in [0.25, 0.3) is 137 Å². The molecule has 0 aliphatic carbocycles. The highest BCUT2D eigenvalue weighted by atomic mass is 16.3. The molecule has 15 aromatic carbocycles. The van der Waals surface area contributed by atoms with Crippen LogP contribution in [0.2, 0.25) is 0 Å². The molecule has 5 heterocycles. The maximum Gasteiger partial charge on any atom is 0.252 e. The van der Waals surface area contributed by atoms with Crippen molar-refractivity contribution < 1.29 is 19.8 Å². The van der Waals surface area contributed by atoms with Crippen molar-refractivity contribution >= 4 is 166 Å². The highest BCUT2D eigenvalue weighted by Crippen LogP contribution is 2.56. The van der Waals surface area contributed by atoms with Gasteiger partial charge in [-0.25, -0.2) is 0 Å². The van der Waals surface area contributed by atoms with Gasteiger partial charge in [-0.1, -0.05) is 230 Å². The van der Waals surface area contributed by atoms with Gasteiger partial charge < -0.3 is 23.2 Å². The molecule has 2 aliphatic rings. The predicted molar refractivity (Wildman–Crippen MR) is 370 cm³/mol. The van der Waals surface area contributed by atoms with E-state index in [0.717, 1.165) is 137 Å². The summed E-state index contributed by atoms with van der Waals surface area (Å²) in [5.41, 5.74) is 14.8. The molecule has 2 aliphatic heterocycles. The van der Waals surface area contributed by atoms with Crippen LogP contribution < -0.4 is 26.2 Å². The lowest BCUT2D eigenvalue weighted by Gasteiger charge is -2.45. The smallest absolute Gasteiger partial charge is 0.252 e. The Bertz CT molecular complexity index is 6160. The average molecular weight is 1130 g/mol. The average Bonchev–Trinajstić information content (AvgIpc) is 0.995. The molecule has 18 aromatic rings. The molecule has 406 valence electrons. The van der Waals surface area contributed by atoms with Crippen molar-refractivity contribution in [1.29, 1.82) is 0 Å². The summed E-state index contributed by atoms with van der Waals surface area (Å²) in [6.07, 6.45) is 0. The third-order valence-electron chi connectivity index (χ3n) is 18.7. The van der Waals surface area contributed by atoms with Gasteiger partial charge in [0.1, 0.15) is 22.3 Å². The zero-order valence-electron chi connectivity index (χ0n) is 54.8. The van der Waals surface area contributed by atoms with Crippen LogP contribution in [-0.2, 0) is 0 Å². The number of rotatable bonds is 5. The van der Waals surface area contributed by atoms with E-state index in [9.17, 15) is 11.0 Å². The minimum atomic E-state index is -0.580. The van der Waals surface area contributed by atoms with Gasteiger partial charge in [0.15, 0.2) is 0 Å². The Morgan fingerprint density at radius 2 is 0.659 bits per heavy atom. The first kappa shape index (κ1) is 40.6. The summed E-state index contributed by atoms with van der Waals surface area (Å²) in [4.78, 5) is 4.81. The number of furan rings is 2. The van der Waals surface area contributed by atoms with Gasteiger partial charge >= 0.3 is 0 Å². The third-order valence-corrected chi connectivity index (χ3v) is 18.7. The van der Waals surface area contributed by atoms with Gasteiger partial charge in [0.05, 0.1) is 39.1 Å². The summed E-state index contributed by atoms with van der Waals surface area (Å²) >= 11 is 0. The van der Waals surface area contributed by atoms with Crippen molar-refractivity contribution in [2.45, 2.75) is 0 Å². The van der Waals surface area contributed by atoms with E-state index in [0.29, 0.717) is 28.2 Å². The van der Waals surface area contributed by atoms with Gasteiger partial charge in [-0.2, -0.15) is 0 Å². The van der Waals surface area contributed by atoms with Crippen LogP contribution >= 0.6 is 0 Å². The minimum absolute atomic E-state index is 0.0117. The van der Waals surface area contributed by atoms with Gasteiger partial charge in [-0.15, -0.1) is 0 Å². The Balaban J connectivity index is 1.07. The van der Waals surface area contributed by atoms with Crippen molar-refractivity contribution in [3.63, 3.8) is 0 Å². The molecule has 6 heteroatoms. The molecular formula is C82H48BN3O2. The van der Waals surface area contributed by atoms with Crippen LogP contribution in [0.3, 0.4) is 0 Å². The van der Waals surface area contributed by atoms with Gasteiger partial charge in [0.25, 0.3) is 6.71 Å². The maximum absolute atomic E-state index is 10.0. The molecule has 88 heavy (non-hydrogen) atoms. The largest absolute Gasteiger partial charge is 0.456 e. The molecule has 0 saturated heterocycles. The second kappa shape index (κ2) is 18.0. The van der Waals surface area contributed by atoms with Crippen LogP contribution in [0.15, 0.2) is 300 Å². The van der Waals surface area contributed by atoms with Gasteiger partial charge in [0.2, 0.25) is 0 Å². The van der Waals surface area contributed by atoms with Crippen LogP contribution in [0.1, 0.15) is 11.0 Å². The Morgan fingerprint density at radius 1 is 0.295 bits per heavy atom. The summed E-state index contributed by atoms with van der Waals surface area (Å²) in [6.45, 7) is -0.580. The lowest BCUT2D eigenvalue weighted by Crippen LogP contribution is -2.61. The fourth-order valence-electron chi connectivity index (χ4n) is 15.2. The Kier molecular flexibility index (Phi) is 8.30. The van der Waals surface area contributed by atoms with Gasteiger partial charge in [0, 0.05) is 77.0 Å². The van der Waals surface area contributed by atoms with Gasteiger partial charge in [-0.3, -0.25) is 0 Å². The number of anilines is 6. The number of hydrogen-bond acceptors (Lipinski definition) is 4. The molecule has 3 aromatic heterocycles. The first-order valence-corrected chi connectivity index (χ1v) is 29.7. The van der Waals surface area contributed by atoms with E-state index in [1.165, 1.54) is 0 Å². The molecule has 0 unspecified atom stereocenters. The van der Waals surface area contributed by atoms with E-state index in [2.05, 4.69) is 204 Å². The number of hydrogen-bond donors (Lipinski definition) is 0. The van der Waals surface area contributed by atoms with Crippen LogP contribution in [0, 0.1) is 0 Å². The second-order valence-electron chi connectivity index (χ2n) is 23.2. The van der Waals surface area contributed by atoms with E-state index in [-0.39, 0.29) is 21.8 Å². The first-order chi connectivity index (χ1) is 47.0. The van der Waals surface area contributed by atoms with Crippen molar-refractivity contribution in [1.82, 2.24) is 4.57 Å². The zero-order valence-corrected chi connectivity index (χ0v) is 46.8. The normalized spacial score (nSPS) is 14.2. The molecule has 0 spiro atoms. The quantitative estimate of drug-likeness (QED) is 0.127. The number of aromatic nitrogens is 1. The molecular weight excluding hydrogens is 1070 g/mol. The van der Waals surface area contributed by atoms with Crippen molar-refractivity contribution in [2.75, 3.05) is 9.80 Å². The molecule has 0 fully saturated rings. The first-order valence-electron chi connectivity index (χ1n) is 33.7. The van der Waals surface area contributed by atoms with E-state index in [1.54, 1.807) is 4.57 Å². The Labute approximate surface area is 516 Å². The summed E-state index contributed by atoms with van der Waals surface area (Å²) < 4.78 is 92.4. The number of benzene rings is 15. The molecule has 0 amide bonds. The zero-order chi connectivity index (χ0) is 64.3. The fraction of sp³-hybridized carbons (Fsp3) is 0. The number of para-hydroxylation sites is 4. The van der Waals surface area contributed by atoms with Crippen molar-refractivity contribution in [3.05, 3.63) is 291 Å². The number of nitrogens with zero attached hydrogens (tertiary/aromatic N) is 3. The molecule has 5 nitrogen and oxygen atoms in total. The molecule has 0 saturated carbocycles. The van der Waals surface area contributed by atoms with Crippen LogP contribution in [-0.4, -0.2) is 11.3 Å². The van der Waals surface area contributed by atoms with Crippen molar-refractivity contribution in [3.8, 4) is 27.9 Å². The van der Waals surface area contributed by atoms with E-state index in [4.69, 9.17) is 8.83 Å². The molecule has 0 bridgehead atoms. The standard InChI is InChI=1S/C82H48BN3O2/c1-3-23-49(24-4-1)78-60-35-11-7-27-52(60)54-29-9-13-37-62(54)81(78)85-70-45-64-58-33-17-21-41-74(58)87-76(64)47-66(70)83-67-48-77-65(59-34-18-22-42-75(59)88-77)46-71(67)86(82-63-38-14-10-30-55(63)53-28-8-12-36-61(53)79(82)50-25-5-2-6-26-50)73-44-51(43-72(85)80(73)83)84-68-39-19-15-31-56(68)57-32-16-20-40-69(57)84/h1-48H/i15D,16D,19D,20D,31D,32D,39D,40D. The van der Waals surface area contributed by atoms with Crippen LogP contribution in [0.5, 0.6) is 0 Å². The Morgan fingerprint density at radius 3 is 1.10 bits per heavy atom. The number of fused-ring (bicyclic) bond motifs is 19. The minimum Gasteiger partial charge on any atom is -0.456 e. The summed E-state index contributed by atoms with van der Waals surface area (Å²) in [5, 5.41) is 11.8. The fourth-order valence-corrected chi connectivity index (χ4v) is 15.2. The van der Waals surface area contributed by atoms with Crippen LogP contribution in [0.4, 0.5) is 34.1 Å². The summed E-state index contributed by atoms with van der Waals surface area (Å²) in [6, 6.07) is 81.1. The third kappa shape index (κ3) is 6.50. The lowest BCUT2D eigenvalue weighted by molar-refractivity contribution is 0.669. The lowest BCUT2D eigenvalue weighted by atomic mass is 9.33. The molecule has 0 atom stereocenters. The predicted octanol–water partition coefficient (Wildman–Crippen LogP) is 20.6. The topological polar surface area (TPSA) is 37.7 Å². The van der Waals surface area contributed by atoms with E-state index in [1.807, 2.05) is 48.5 Å². The summed E-state index contributed by atoms with van der Waals surface area (Å²) in [5.74, 6) is 0. The second-order valence-corrected chi connectivity index (χ2v) is 23.2. The molecule has 0 N–H and O–H groups in total. The molecule has 0 radical (unpaired) electrons. The van der Waals surface area contributed by atoms with E-state index < -0.39 is 55.1 Å².